The zero-order valence-corrected chi connectivity index (χ0v) is 15.4. The second kappa shape index (κ2) is 8.36. The van der Waals surface area contributed by atoms with Gasteiger partial charge in [-0.2, -0.15) is 11.8 Å². The lowest BCUT2D eigenvalue weighted by atomic mass is 10.0. The van der Waals surface area contributed by atoms with Crippen LogP contribution in [0.4, 0.5) is 0 Å². The molecule has 0 spiro atoms. The Balaban J connectivity index is 1.92. The monoisotopic (exact) mass is 337 g/mol. The van der Waals surface area contributed by atoms with Gasteiger partial charge in [-0.05, 0) is 56.4 Å². The van der Waals surface area contributed by atoms with E-state index in [-0.39, 0.29) is 0 Å². The highest BCUT2D eigenvalue weighted by Crippen LogP contribution is 2.57. The first-order valence-corrected chi connectivity index (χ1v) is 10.6. The molecule has 0 aromatic heterocycles. The predicted octanol–water partition coefficient (Wildman–Crippen LogP) is 4.99. The summed E-state index contributed by atoms with van der Waals surface area (Å²) in [6.07, 6.45) is 10.2. The van der Waals surface area contributed by atoms with Crippen LogP contribution in [0.3, 0.4) is 0 Å². The molecule has 0 bridgehead atoms. The molecule has 1 atom stereocenters. The second-order valence-electron chi connectivity index (χ2n) is 5.69. The van der Waals surface area contributed by atoms with E-state index in [9.17, 15) is 0 Å². The fraction of sp³-hybridized carbons (Fsp3) is 0.190. The van der Waals surface area contributed by atoms with Crippen molar-refractivity contribution in [1.82, 2.24) is 0 Å². The van der Waals surface area contributed by atoms with Gasteiger partial charge in [-0.1, -0.05) is 67.6 Å². The summed E-state index contributed by atoms with van der Waals surface area (Å²) in [6.45, 7) is 2.31. The summed E-state index contributed by atoms with van der Waals surface area (Å²) in [4.78, 5) is 0. The first kappa shape index (κ1) is 17.1. The van der Waals surface area contributed by atoms with Crippen molar-refractivity contribution in [3.05, 3.63) is 91.5 Å². The minimum atomic E-state index is -0.475. The average Bonchev–Trinajstić information content (AvgIpc) is 3.05. The van der Waals surface area contributed by atoms with E-state index in [0.717, 1.165) is 6.42 Å². The summed E-state index contributed by atoms with van der Waals surface area (Å²) < 4.78 is 0. The molecule has 3 rings (SSSR count). The summed E-state index contributed by atoms with van der Waals surface area (Å²) in [5.41, 5.74) is 1.51. The van der Waals surface area contributed by atoms with Gasteiger partial charge in [-0.25, -0.2) is 0 Å². The summed E-state index contributed by atoms with van der Waals surface area (Å²) >= 11 is 1.94. The maximum absolute atomic E-state index is 2.33. The van der Waals surface area contributed by atoms with E-state index in [2.05, 4.69) is 93.1 Å². The highest BCUT2D eigenvalue weighted by atomic mass is 32.2. The first-order valence-electron chi connectivity index (χ1n) is 7.97. The van der Waals surface area contributed by atoms with Crippen molar-refractivity contribution >= 4 is 30.3 Å². The molecule has 0 amide bonds. The Hall–Kier alpha value is -0.780. The lowest BCUT2D eigenvalue weighted by Gasteiger charge is -2.30. The number of thioether (sulfide) groups is 1. The van der Waals surface area contributed by atoms with Crippen molar-refractivity contribution in [2.24, 2.45) is 0 Å². The quantitative estimate of drug-likeness (QED) is 0.669. The lowest BCUT2D eigenvalue weighted by molar-refractivity contribution is 0.864. The van der Waals surface area contributed by atoms with Crippen LogP contribution in [0.2, 0.25) is 0 Å². The Morgan fingerprint density at radius 3 is 1.96 bits per heavy atom. The molecule has 1 aliphatic carbocycles. The Bertz CT molecular complexity index is 544. The van der Waals surface area contributed by atoms with Crippen LogP contribution in [0.5, 0.6) is 0 Å². The van der Waals surface area contributed by atoms with Crippen molar-refractivity contribution < 1.29 is 0 Å². The van der Waals surface area contributed by atoms with Crippen molar-refractivity contribution in [2.45, 2.75) is 18.6 Å². The number of rotatable bonds is 6. The van der Waals surface area contributed by atoms with E-state index >= 15 is 0 Å². The summed E-state index contributed by atoms with van der Waals surface area (Å²) in [5, 5.41) is 3.51. The molecule has 0 N–H and O–H groups in total. The minimum absolute atomic E-state index is 0.475. The summed E-state index contributed by atoms with van der Waals surface area (Å²) in [5.74, 6) is 1.51. The van der Waals surface area contributed by atoms with E-state index < -0.39 is 7.92 Å². The Morgan fingerprint density at radius 1 is 0.870 bits per heavy atom. The van der Waals surface area contributed by atoms with Gasteiger partial charge in [0.15, 0.2) is 0 Å². The summed E-state index contributed by atoms with van der Waals surface area (Å²) in [6, 6.07) is 21.9. The Kier molecular flexibility index (Phi) is 6.20. The van der Waals surface area contributed by atoms with E-state index in [1.54, 1.807) is 0 Å². The molecule has 23 heavy (non-hydrogen) atoms. The maximum atomic E-state index is 2.33. The molecule has 0 unspecified atom stereocenters. The number of benzene rings is 2. The molecule has 1 fully saturated rings. The van der Waals surface area contributed by atoms with Crippen molar-refractivity contribution in [2.75, 3.05) is 6.26 Å². The third-order valence-corrected chi connectivity index (χ3v) is 7.58. The van der Waals surface area contributed by atoms with E-state index in [1.165, 1.54) is 22.2 Å². The topological polar surface area (TPSA) is 0 Å². The van der Waals surface area contributed by atoms with Crippen molar-refractivity contribution in [1.29, 1.82) is 0 Å². The molecular formula is C21H22PS. The summed E-state index contributed by atoms with van der Waals surface area (Å²) in [7, 11) is -0.475. The van der Waals surface area contributed by atoms with Crippen LogP contribution in [-0.2, 0) is 0 Å². The van der Waals surface area contributed by atoms with Gasteiger partial charge in [-0.3, -0.25) is 0 Å². The van der Waals surface area contributed by atoms with Gasteiger partial charge in [0.1, 0.15) is 0 Å². The Morgan fingerprint density at radius 2 is 1.43 bits per heavy atom. The smallest absolute Gasteiger partial charge is 0.0195 e. The van der Waals surface area contributed by atoms with Crippen LogP contribution in [-0.4, -0.2) is 11.5 Å². The molecule has 117 valence electrons. The highest BCUT2D eigenvalue weighted by Gasteiger charge is 2.37. The molecule has 0 nitrogen and oxygen atoms in total. The van der Waals surface area contributed by atoms with Crippen LogP contribution in [0.1, 0.15) is 13.3 Å². The van der Waals surface area contributed by atoms with Crippen molar-refractivity contribution in [3.63, 3.8) is 0 Å². The van der Waals surface area contributed by atoms with Crippen molar-refractivity contribution in [3.8, 4) is 0 Å². The third-order valence-electron chi connectivity index (χ3n) is 4.06. The lowest BCUT2D eigenvalue weighted by Crippen LogP contribution is -2.20. The molecule has 0 aliphatic heterocycles. The Labute approximate surface area is 146 Å². The van der Waals surface area contributed by atoms with E-state index in [0.29, 0.717) is 5.25 Å². The predicted molar refractivity (Wildman–Crippen MR) is 106 cm³/mol. The molecule has 2 heteroatoms. The normalized spacial score (nSPS) is 17.7. The first-order chi connectivity index (χ1) is 11.3. The molecule has 1 saturated carbocycles. The fourth-order valence-corrected chi connectivity index (χ4v) is 5.64. The van der Waals surface area contributed by atoms with E-state index in [1.807, 2.05) is 11.8 Å². The SMILES string of the molecule is CS[C@H](C)C[C]1[CH][CH][CH][C]1P(c1ccccc1)c1ccccc1. The molecule has 0 saturated heterocycles. The van der Waals surface area contributed by atoms with Gasteiger partial charge >= 0.3 is 0 Å². The van der Waals surface area contributed by atoms with Gasteiger partial charge < -0.3 is 0 Å². The van der Waals surface area contributed by atoms with Gasteiger partial charge in [-0.15, -0.1) is 0 Å². The standard InChI is InChI=1S/C21H22PS/c1-17(23-2)16-18-10-9-15-21(18)22(19-11-5-3-6-12-19)20-13-7-4-8-14-20/h3-15,17H,16H2,1-2H3/t17-/m1/s1. The van der Waals surface area contributed by atoms with Gasteiger partial charge in [0, 0.05) is 10.9 Å². The molecule has 2 aromatic rings. The van der Waals surface area contributed by atoms with Gasteiger partial charge in [0.2, 0.25) is 0 Å². The highest BCUT2D eigenvalue weighted by molar-refractivity contribution is 7.99. The zero-order valence-electron chi connectivity index (χ0n) is 13.6. The largest absolute Gasteiger partial charge is 0.162 e. The molecule has 2 aromatic carbocycles. The molecule has 1 aliphatic rings. The number of hydrogen-bond acceptors (Lipinski definition) is 1. The van der Waals surface area contributed by atoms with Gasteiger partial charge in [0.05, 0.1) is 0 Å². The number of hydrogen-bond donors (Lipinski definition) is 0. The van der Waals surface area contributed by atoms with Crippen LogP contribution >= 0.6 is 19.7 Å². The maximum Gasteiger partial charge on any atom is 0.0195 e. The molecular weight excluding hydrogens is 315 g/mol. The van der Waals surface area contributed by atoms with Crippen LogP contribution in [0.25, 0.3) is 0 Å². The molecule has 0 heterocycles. The van der Waals surface area contributed by atoms with Crippen LogP contribution in [0, 0.1) is 30.8 Å². The molecule has 5 radical (unpaired) electrons. The minimum Gasteiger partial charge on any atom is -0.162 e. The van der Waals surface area contributed by atoms with Crippen LogP contribution < -0.4 is 10.6 Å². The average molecular weight is 337 g/mol. The van der Waals surface area contributed by atoms with Crippen LogP contribution in [0.15, 0.2) is 60.7 Å². The zero-order chi connectivity index (χ0) is 16.1. The van der Waals surface area contributed by atoms with Gasteiger partial charge in [0.25, 0.3) is 0 Å². The van der Waals surface area contributed by atoms with E-state index in [4.69, 9.17) is 0 Å². The third kappa shape index (κ3) is 4.20. The second-order valence-corrected chi connectivity index (χ2v) is 9.15. The fourth-order valence-electron chi connectivity index (χ4n) is 2.81.